The smallest absolute Gasteiger partial charge is 0.270 e. The van der Waals surface area contributed by atoms with Crippen LogP contribution in [0.4, 0.5) is 5.69 Å². The first-order valence-electron chi connectivity index (χ1n) is 8.95. The van der Waals surface area contributed by atoms with E-state index in [0.29, 0.717) is 19.8 Å². The molecule has 1 heterocycles. The topological polar surface area (TPSA) is 84.7 Å². The van der Waals surface area contributed by atoms with Crippen LogP contribution in [0.15, 0.2) is 48.5 Å². The Kier molecular flexibility index (Phi) is 6.16. The van der Waals surface area contributed by atoms with Gasteiger partial charge in [-0.2, -0.15) is 0 Å². The van der Waals surface area contributed by atoms with Crippen molar-refractivity contribution in [3.63, 3.8) is 0 Å². The molecular weight excluding hydrogens is 346 g/mol. The average molecular weight is 369 g/mol. The van der Waals surface area contributed by atoms with E-state index in [9.17, 15) is 14.9 Å². The monoisotopic (exact) mass is 369 g/mol. The van der Waals surface area contributed by atoms with Gasteiger partial charge < -0.3 is 10.1 Å². The Morgan fingerprint density at radius 1 is 1.22 bits per heavy atom. The summed E-state index contributed by atoms with van der Waals surface area (Å²) in [7, 11) is 0. The van der Waals surface area contributed by atoms with Crippen molar-refractivity contribution in [3.05, 3.63) is 75.3 Å². The molecule has 142 valence electrons. The second-order valence-electron chi connectivity index (χ2n) is 6.66. The minimum Gasteiger partial charge on any atom is -0.379 e. The SMILES string of the molecule is Cc1ccc([C@@H](CN2CCOCC2)NC(=O)c2cccc([N+](=O)[O-])c2)cc1. The first kappa shape index (κ1) is 19.0. The molecule has 27 heavy (non-hydrogen) atoms. The highest BCUT2D eigenvalue weighted by molar-refractivity contribution is 5.95. The lowest BCUT2D eigenvalue weighted by molar-refractivity contribution is -0.384. The molecule has 1 saturated heterocycles. The molecule has 1 aliphatic heterocycles. The van der Waals surface area contributed by atoms with Gasteiger partial charge in [-0.1, -0.05) is 35.9 Å². The summed E-state index contributed by atoms with van der Waals surface area (Å²) in [4.78, 5) is 25.5. The summed E-state index contributed by atoms with van der Waals surface area (Å²) >= 11 is 0. The van der Waals surface area contributed by atoms with Gasteiger partial charge in [0.25, 0.3) is 11.6 Å². The molecule has 2 aromatic carbocycles. The third kappa shape index (κ3) is 5.12. The van der Waals surface area contributed by atoms with Crippen LogP contribution in [0, 0.1) is 17.0 Å². The van der Waals surface area contributed by atoms with E-state index in [-0.39, 0.29) is 23.2 Å². The Hall–Kier alpha value is -2.77. The van der Waals surface area contributed by atoms with Gasteiger partial charge in [-0.3, -0.25) is 19.8 Å². The predicted octanol–water partition coefficient (Wildman–Crippen LogP) is 2.71. The minimum atomic E-state index is -0.498. The minimum absolute atomic E-state index is 0.0947. The fourth-order valence-electron chi connectivity index (χ4n) is 3.08. The van der Waals surface area contributed by atoms with Crippen molar-refractivity contribution >= 4 is 11.6 Å². The molecule has 1 aliphatic rings. The van der Waals surface area contributed by atoms with Gasteiger partial charge in [0, 0.05) is 37.3 Å². The van der Waals surface area contributed by atoms with Gasteiger partial charge in [-0.15, -0.1) is 0 Å². The zero-order valence-electron chi connectivity index (χ0n) is 15.3. The number of nitrogens with one attached hydrogen (secondary N) is 1. The van der Waals surface area contributed by atoms with Crippen molar-refractivity contribution in [2.45, 2.75) is 13.0 Å². The molecule has 0 aliphatic carbocycles. The van der Waals surface area contributed by atoms with E-state index < -0.39 is 4.92 Å². The van der Waals surface area contributed by atoms with Crippen LogP contribution in [0.5, 0.6) is 0 Å². The Balaban J connectivity index is 1.79. The van der Waals surface area contributed by atoms with Crippen LogP contribution in [0.3, 0.4) is 0 Å². The number of benzene rings is 2. The van der Waals surface area contributed by atoms with E-state index in [2.05, 4.69) is 10.2 Å². The van der Waals surface area contributed by atoms with E-state index in [1.54, 1.807) is 6.07 Å². The molecular formula is C20H23N3O4. The molecule has 7 heteroatoms. The number of non-ortho nitro benzene ring substituents is 1. The van der Waals surface area contributed by atoms with Crippen LogP contribution < -0.4 is 5.32 Å². The molecule has 0 aromatic heterocycles. The van der Waals surface area contributed by atoms with E-state index >= 15 is 0 Å². The van der Waals surface area contributed by atoms with Crippen molar-refractivity contribution in [3.8, 4) is 0 Å². The third-order valence-corrected chi connectivity index (χ3v) is 4.65. The number of morpholine rings is 1. The molecule has 0 saturated carbocycles. The lowest BCUT2D eigenvalue weighted by Gasteiger charge is -2.31. The van der Waals surface area contributed by atoms with Crippen molar-refractivity contribution in [1.82, 2.24) is 10.2 Å². The Bertz CT molecular complexity index is 801. The van der Waals surface area contributed by atoms with Crippen LogP contribution >= 0.6 is 0 Å². The molecule has 1 fully saturated rings. The summed E-state index contributed by atoms with van der Waals surface area (Å²) in [5.74, 6) is -0.322. The highest BCUT2D eigenvalue weighted by atomic mass is 16.6. The third-order valence-electron chi connectivity index (χ3n) is 4.65. The molecule has 0 spiro atoms. The highest BCUT2D eigenvalue weighted by Crippen LogP contribution is 2.19. The number of carbonyl (C=O) groups excluding carboxylic acids is 1. The standard InChI is InChI=1S/C20H23N3O4/c1-15-5-7-16(8-6-15)19(14-22-9-11-27-12-10-22)21-20(24)17-3-2-4-18(13-17)23(25)26/h2-8,13,19H,9-12,14H2,1H3,(H,21,24)/t19-/m1/s1. The quantitative estimate of drug-likeness (QED) is 0.625. The number of hydrogen-bond acceptors (Lipinski definition) is 5. The largest absolute Gasteiger partial charge is 0.379 e. The Labute approximate surface area is 158 Å². The summed E-state index contributed by atoms with van der Waals surface area (Å²) in [6, 6.07) is 13.6. The Morgan fingerprint density at radius 3 is 2.59 bits per heavy atom. The number of amides is 1. The molecule has 3 rings (SSSR count). The zero-order valence-corrected chi connectivity index (χ0v) is 15.3. The van der Waals surface area contributed by atoms with Crippen LogP contribution in [0.25, 0.3) is 0 Å². The van der Waals surface area contributed by atoms with Gasteiger partial charge in [0.1, 0.15) is 0 Å². The second-order valence-corrected chi connectivity index (χ2v) is 6.66. The molecule has 0 radical (unpaired) electrons. The summed E-state index contributed by atoms with van der Waals surface area (Å²) in [5.41, 5.74) is 2.34. The van der Waals surface area contributed by atoms with Crippen molar-refractivity contribution in [1.29, 1.82) is 0 Å². The first-order chi connectivity index (χ1) is 13.0. The van der Waals surface area contributed by atoms with Gasteiger partial charge in [-0.25, -0.2) is 0 Å². The summed E-state index contributed by atoms with van der Waals surface area (Å²) in [6.07, 6.45) is 0. The molecule has 1 atom stereocenters. The molecule has 1 amide bonds. The maximum atomic E-state index is 12.7. The van der Waals surface area contributed by atoms with Crippen LogP contribution in [-0.2, 0) is 4.74 Å². The van der Waals surface area contributed by atoms with Crippen molar-refractivity contribution in [2.75, 3.05) is 32.8 Å². The summed E-state index contributed by atoms with van der Waals surface area (Å²) in [5, 5.41) is 14.0. The van der Waals surface area contributed by atoms with Gasteiger partial charge in [-0.05, 0) is 18.6 Å². The van der Waals surface area contributed by atoms with Gasteiger partial charge in [0.15, 0.2) is 0 Å². The van der Waals surface area contributed by atoms with E-state index in [4.69, 9.17) is 4.74 Å². The predicted molar refractivity (Wildman–Crippen MR) is 102 cm³/mol. The molecule has 2 aromatic rings. The maximum Gasteiger partial charge on any atom is 0.270 e. The van der Waals surface area contributed by atoms with Crippen molar-refractivity contribution in [2.24, 2.45) is 0 Å². The molecule has 0 bridgehead atoms. The fourth-order valence-corrected chi connectivity index (χ4v) is 3.08. The maximum absolute atomic E-state index is 12.7. The number of hydrogen-bond donors (Lipinski definition) is 1. The van der Waals surface area contributed by atoms with Crippen molar-refractivity contribution < 1.29 is 14.5 Å². The number of nitro groups is 1. The van der Waals surface area contributed by atoms with Crippen LogP contribution in [0.1, 0.15) is 27.5 Å². The molecule has 1 N–H and O–H groups in total. The van der Waals surface area contributed by atoms with Crippen LogP contribution in [-0.4, -0.2) is 48.6 Å². The van der Waals surface area contributed by atoms with Crippen LogP contribution in [0.2, 0.25) is 0 Å². The van der Waals surface area contributed by atoms with E-state index in [0.717, 1.165) is 24.2 Å². The van der Waals surface area contributed by atoms with E-state index in [1.165, 1.54) is 18.2 Å². The lowest BCUT2D eigenvalue weighted by Crippen LogP contribution is -2.43. The number of nitro benzene ring substituents is 1. The molecule has 7 nitrogen and oxygen atoms in total. The highest BCUT2D eigenvalue weighted by Gasteiger charge is 2.21. The number of aryl methyl sites for hydroxylation is 1. The summed E-state index contributed by atoms with van der Waals surface area (Å²) in [6.45, 7) is 5.67. The number of nitrogens with zero attached hydrogens (tertiary/aromatic N) is 2. The first-order valence-corrected chi connectivity index (χ1v) is 8.95. The summed E-state index contributed by atoms with van der Waals surface area (Å²) < 4.78 is 5.40. The fraction of sp³-hybridized carbons (Fsp3) is 0.350. The van der Waals surface area contributed by atoms with Gasteiger partial charge in [0.2, 0.25) is 0 Å². The molecule has 0 unspecified atom stereocenters. The zero-order chi connectivity index (χ0) is 19.2. The Morgan fingerprint density at radius 2 is 1.93 bits per heavy atom. The average Bonchev–Trinajstić information content (AvgIpc) is 2.69. The number of ether oxygens (including phenoxy) is 1. The normalized spacial score (nSPS) is 15.9. The van der Waals surface area contributed by atoms with E-state index in [1.807, 2.05) is 31.2 Å². The number of carbonyl (C=O) groups is 1. The van der Waals surface area contributed by atoms with Gasteiger partial charge >= 0.3 is 0 Å². The number of rotatable bonds is 6. The second kappa shape index (κ2) is 8.75. The lowest BCUT2D eigenvalue weighted by atomic mass is 10.0. The van der Waals surface area contributed by atoms with Gasteiger partial charge in [0.05, 0.1) is 24.2 Å².